The number of hydrogen-bond donors (Lipinski definition) is 26. The zero-order chi connectivity index (χ0) is 63.9. The van der Waals surface area contributed by atoms with E-state index in [1.807, 2.05) is 0 Å². The van der Waals surface area contributed by atoms with Gasteiger partial charge in [-0.25, -0.2) is 0 Å². The van der Waals surface area contributed by atoms with Crippen LogP contribution in [0.15, 0.2) is 23.3 Å². The number of aliphatic hydroxyl groups is 24. The fourth-order valence-electron chi connectivity index (χ4n) is 12.0. The van der Waals surface area contributed by atoms with Crippen LogP contribution in [0.5, 0.6) is 0 Å². The minimum Gasteiger partial charge on any atom is -0.394 e. The van der Waals surface area contributed by atoms with Crippen LogP contribution in [0.2, 0.25) is 0 Å². The molecule has 38 atom stereocenters. The van der Waals surface area contributed by atoms with Crippen LogP contribution in [0.25, 0.3) is 0 Å². The Hall–Kier alpha value is -1.42. The first-order valence-electron chi connectivity index (χ1n) is 28.2. The third-order valence-corrected chi connectivity index (χ3v) is 17.2. The van der Waals surface area contributed by atoms with Crippen LogP contribution in [-0.2, 0) is 70.7 Å². The first-order valence-corrected chi connectivity index (χ1v) is 28.2. The molecule has 37 nitrogen and oxygen atoms in total. The second-order valence-electron chi connectivity index (χ2n) is 22.8. The summed E-state index contributed by atoms with van der Waals surface area (Å²) in [6.45, 7) is -2.54. The Morgan fingerprint density at radius 1 is 0.341 bits per heavy atom. The van der Waals surface area contributed by atoms with Gasteiger partial charge in [0.05, 0.1) is 76.0 Å². The molecule has 0 saturated carbocycles. The van der Waals surface area contributed by atoms with Crippen molar-refractivity contribution in [3.63, 3.8) is 0 Å². The summed E-state index contributed by atoms with van der Waals surface area (Å²) < 4.78 is 62.3. The van der Waals surface area contributed by atoms with Crippen molar-refractivity contribution < 1.29 is 193 Å². The van der Waals surface area contributed by atoms with Crippen LogP contribution >= 0.6 is 0 Å². The van der Waals surface area contributed by atoms with E-state index >= 15 is 0 Å². The molecule has 0 aromatic rings. The summed E-state index contributed by atoms with van der Waals surface area (Å²) in [7, 11) is 0. The Balaban J connectivity index is 0.0000110. The van der Waals surface area contributed by atoms with Gasteiger partial charge in [-0.15, -0.1) is 0 Å². The van der Waals surface area contributed by atoms with E-state index in [1.54, 1.807) is 0 Å². The van der Waals surface area contributed by atoms with Gasteiger partial charge in [0, 0.05) is 0 Å². The van der Waals surface area contributed by atoms with Crippen molar-refractivity contribution in [2.75, 3.05) is 39.6 Å². The van der Waals surface area contributed by atoms with Gasteiger partial charge >= 0.3 is 18.6 Å². The first-order chi connectivity index (χ1) is 41.2. The molecule has 0 amide bonds. The van der Waals surface area contributed by atoms with Crippen LogP contribution in [0.3, 0.4) is 0 Å². The van der Waals surface area contributed by atoms with Crippen molar-refractivity contribution in [2.45, 2.75) is 247 Å². The van der Waals surface area contributed by atoms with E-state index in [9.17, 15) is 123 Å². The molecule has 505 valence electrons. The molecule has 8 rings (SSSR count). The summed E-state index contributed by atoms with van der Waals surface area (Å²) in [5.74, 6) is 0. The molecule has 1 radical (unpaired) electrons. The zero-order valence-corrected chi connectivity index (χ0v) is 48.4. The molecular weight excluding hydrogens is 1240 g/mol. The molecule has 88 heavy (non-hydrogen) atoms. The Morgan fingerprint density at radius 3 is 1.01 bits per heavy atom. The zero-order valence-electron chi connectivity index (χ0n) is 47.0. The topological polar surface area (TPSA) is 611 Å². The Kier molecular flexibility index (Phi) is 26.4. The van der Waals surface area contributed by atoms with Crippen LogP contribution < -0.4 is 10.6 Å². The average molecular weight is 1320 g/mol. The molecule has 38 heteroatoms. The fraction of sp³-hybridized carbons (Fsp3) is 0.920. The van der Waals surface area contributed by atoms with Gasteiger partial charge in [-0.05, 0) is 25.0 Å². The normalized spacial score (nSPS) is 52.1. The SMILES string of the molecule is CC1OC(OC2C(CO)OC(OC3C(CO)=CC(NC4C(C)OC(OC5C(CO)OC(OC6C(CO)OC(OC7C(CO)OC(O)C(O)C7O)C(O)C6O)C(O)C5O)C(O)C4O)C(O)C3O)C(O)C2O)C(O)C(O)C1NC1C=C(CO)C(O)C(O)C1O.[V+4]. The van der Waals surface area contributed by atoms with E-state index in [-0.39, 0.29) is 29.7 Å². The van der Waals surface area contributed by atoms with Gasteiger partial charge in [0.15, 0.2) is 37.7 Å². The van der Waals surface area contributed by atoms with Crippen LogP contribution in [0.1, 0.15) is 13.8 Å². The molecule has 0 aromatic heterocycles. The predicted octanol–water partition coefficient (Wildman–Crippen LogP) is -16.1. The molecule has 6 fully saturated rings. The molecule has 6 heterocycles. The molecule has 26 N–H and O–H groups in total. The second-order valence-corrected chi connectivity index (χ2v) is 22.8. The van der Waals surface area contributed by atoms with Gasteiger partial charge in [-0.1, -0.05) is 12.2 Å². The number of nitrogens with one attached hydrogen (secondary N) is 2. The second kappa shape index (κ2) is 31.4. The fourth-order valence-corrected chi connectivity index (χ4v) is 12.0. The molecule has 0 aromatic carbocycles. The Morgan fingerprint density at radius 2 is 0.648 bits per heavy atom. The average Bonchev–Trinajstić information content (AvgIpc) is 2.92. The minimum atomic E-state index is -2.14. The van der Waals surface area contributed by atoms with Crippen LogP contribution in [0.4, 0.5) is 0 Å². The molecule has 0 spiro atoms. The van der Waals surface area contributed by atoms with Crippen molar-refractivity contribution in [3.8, 4) is 0 Å². The van der Waals surface area contributed by atoms with Gasteiger partial charge in [0.1, 0.15) is 159 Å². The Labute approximate surface area is 512 Å². The predicted molar refractivity (Wildman–Crippen MR) is 272 cm³/mol. The molecule has 8 aliphatic rings. The van der Waals surface area contributed by atoms with E-state index in [1.165, 1.54) is 26.0 Å². The summed E-state index contributed by atoms with van der Waals surface area (Å²) in [5.41, 5.74) is -0.201. The quantitative estimate of drug-likeness (QED) is 0.0503. The van der Waals surface area contributed by atoms with E-state index < -0.39 is 272 Å². The monoisotopic (exact) mass is 1320 g/mol. The van der Waals surface area contributed by atoms with Gasteiger partial charge in [0.25, 0.3) is 0 Å². The largest absolute Gasteiger partial charge is 4.00 e. The first kappa shape index (κ1) is 74.0. The number of hydrogen-bond acceptors (Lipinski definition) is 37. The van der Waals surface area contributed by atoms with Crippen molar-refractivity contribution in [3.05, 3.63) is 23.3 Å². The third-order valence-electron chi connectivity index (χ3n) is 17.2. The maximum absolute atomic E-state index is 11.5. The molecule has 2 aliphatic carbocycles. The van der Waals surface area contributed by atoms with Gasteiger partial charge in [-0.2, -0.15) is 0 Å². The number of ether oxygens (including phenoxy) is 11. The Bertz CT molecular complexity index is 2240. The summed E-state index contributed by atoms with van der Waals surface area (Å²) in [6.07, 6.45) is -59.1. The minimum absolute atomic E-state index is 0. The van der Waals surface area contributed by atoms with Crippen LogP contribution in [0, 0.1) is 0 Å². The van der Waals surface area contributed by atoms with E-state index in [2.05, 4.69) is 10.6 Å². The number of rotatable bonds is 20. The molecule has 6 saturated heterocycles. The standard InChI is InChI=1S/C50H84N2O35.V/c1-11-21(51-15-3-13(5-53)23(59)28(64)24(15)60)26(62)35(71)46(77-11)84-42-18(8-56)80-48(37(73)31(42)67)83-40-14(6-54)4-16(25(61)29(40)65)52-22-12(2)78-47(36(72)27(22)63)85-43-19(9-57)81-50(38(74)32(43)68)87-44-20(10-58)82-49(39(75)33(44)69)86-41-17(7-55)79-45(76)34(70)30(41)66;/h3-4,11-12,15-76H,5-10H2,1-2H3;/q;+4. The van der Waals surface area contributed by atoms with E-state index in [4.69, 9.17) is 52.1 Å². The smallest absolute Gasteiger partial charge is 0.394 e. The maximum Gasteiger partial charge on any atom is 4.00 e. The van der Waals surface area contributed by atoms with Gasteiger partial charge in [0.2, 0.25) is 0 Å². The van der Waals surface area contributed by atoms with Crippen LogP contribution in [-0.4, -0.2) is 395 Å². The molecular formula is C50H84N2O35V+4. The van der Waals surface area contributed by atoms with Gasteiger partial charge < -0.3 is 185 Å². The summed E-state index contributed by atoms with van der Waals surface area (Å²) in [5, 5.41) is 263. The van der Waals surface area contributed by atoms with Crippen molar-refractivity contribution in [1.29, 1.82) is 0 Å². The van der Waals surface area contributed by atoms with Gasteiger partial charge in [-0.3, -0.25) is 0 Å². The van der Waals surface area contributed by atoms with Crippen molar-refractivity contribution in [1.82, 2.24) is 10.6 Å². The van der Waals surface area contributed by atoms with E-state index in [0.29, 0.717) is 0 Å². The summed E-state index contributed by atoms with van der Waals surface area (Å²) >= 11 is 0. The summed E-state index contributed by atoms with van der Waals surface area (Å²) in [4.78, 5) is 0. The van der Waals surface area contributed by atoms with Crippen molar-refractivity contribution >= 4 is 0 Å². The summed E-state index contributed by atoms with van der Waals surface area (Å²) in [6, 6.07) is -5.08. The molecule has 6 aliphatic heterocycles. The molecule has 0 bridgehead atoms. The maximum atomic E-state index is 11.5. The molecule has 38 unspecified atom stereocenters. The third kappa shape index (κ3) is 15.0. The number of aliphatic hydroxyl groups excluding tert-OH is 24. The van der Waals surface area contributed by atoms with E-state index in [0.717, 1.165) is 0 Å². The van der Waals surface area contributed by atoms with Crippen molar-refractivity contribution in [2.24, 2.45) is 0 Å².